The predicted molar refractivity (Wildman–Crippen MR) is 80.6 cm³/mol. The summed E-state index contributed by atoms with van der Waals surface area (Å²) in [6.45, 7) is 8.04. The molecule has 1 saturated heterocycles. The predicted octanol–water partition coefficient (Wildman–Crippen LogP) is 2.85. The third-order valence-corrected chi connectivity index (χ3v) is 4.00. The number of aliphatic hydroxyl groups is 1. The smallest absolute Gasteiger partial charge is 0.146 e. The van der Waals surface area contributed by atoms with Gasteiger partial charge in [0.2, 0.25) is 0 Å². The molecule has 112 valence electrons. The maximum absolute atomic E-state index is 14.3. The van der Waals surface area contributed by atoms with Crippen LogP contribution >= 0.6 is 0 Å². The highest BCUT2D eigenvalue weighted by atomic mass is 19.1. The summed E-state index contributed by atoms with van der Waals surface area (Å²) in [7, 11) is 0. The second kappa shape index (κ2) is 6.10. The molecule has 2 atom stereocenters. The molecule has 0 aromatic heterocycles. The molecule has 1 aromatic rings. The van der Waals surface area contributed by atoms with Gasteiger partial charge < -0.3 is 15.3 Å². The number of nitrogens with one attached hydrogen (secondary N) is 1. The Hall–Kier alpha value is -1.13. The first-order valence-electron chi connectivity index (χ1n) is 7.43. The first kappa shape index (κ1) is 15.3. The van der Waals surface area contributed by atoms with E-state index in [9.17, 15) is 9.50 Å². The van der Waals surface area contributed by atoms with Crippen LogP contribution in [0.1, 0.15) is 45.2 Å². The first-order chi connectivity index (χ1) is 9.43. The number of hydrogen-bond donors (Lipinski definition) is 2. The molecule has 0 saturated carbocycles. The molecule has 2 unspecified atom stereocenters. The van der Waals surface area contributed by atoms with Gasteiger partial charge in [-0.25, -0.2) is 4.39 Å². The summed E-state index contributed by atoms with van der Waals surface area (Å²) in [5, 5.41) is 13.4. The largest absolute Gasteiger partial charge is 0.388 e. The van der Waals surface area contributed by atoms with Crippen molar-refractivity contribution >= 4 is 5.69 Å². The Bertz CT molecular complexity index is 462. The third kappa shape index (κ3) is 3.49. The van der Waals surface area contributed by atoms with Gasteiger partial charge in [0.05, 0.1) is 11.3 Å². The van der Waals surface area contributed by atoms with Crippen molar-refractivity contribution in [2.75, 3.05) is 24.5 Å². The first-order valence-corrected chi connectivity index (χ1v) is 7.43. The van der Waals surface area contributed by atoms with Gasteiger partial charge in [-0.15, -0.1) is 0 Å². The lowest BCUT2D eigenvalue weighted by Gasteiger charge is -2.38. The van der Waals surface area contributed by atoms with Crippen LogP contribution in [0.2, 0.25) is 0 Å². The van der Waals surface area contributed by atoms with Crippen LogP contribution in [-0.2, 0) is 0 Å². The van der Waals surface area contributed by atoms with Crippen molar-refractivity contribution in [3.63, 3.8) is 0 Å². The van der Waals surface area contributed by atoms with E-state index >= 15 is 0 Å². The van der Waals surface area contributed by atoms with Gasteiger partial charge in [-0.1, -0.05) is 13.0 Å². The molecule has 20 heavy (non-hydrogen) atoms. The van der Waals surface area contributed by atoms with Gasteiger partial charge in [-0.3, -0.25) is 0 Å². The van der Waals surface area contributed by atoms with Crippen molar-refractivity contribution in [1.29, 1.82) is 0 Å². The minimum Gasteiger partial charge on any atom is -0.388 e. The summed E-state index contributed by atoms with van der Waals surface area (Å²) in [5.41, 5.74) is 0.828. The zero-order chi connectivity index (χ0) is 14.8. The van der Waals surface area contributed by atoms with Crippen molar-refractivity contribution in [3.05, 3.63) is 29.6 Å². The molecule has 1 aliphatic rings. The van der Waals surface area contributed by atoms with Crippen molar-refractivity contribution in [2.24, 2.45) is 0 Å². The molecule has 1 fully saturated rings. The molecule has 1 aliphatic heterocycles. The molecule has 2 rings (SSSR count). The average molecular weight is 280 g/mol. The Morgan fingerprint density at radius 1 is 1.50 bits per heavy atom. The molecule has 0 aliphatic carbocycles. The van der Waals surface area contributed by atoms with Crippen molar-refractivity contribution in [3.8, 4) is 0 Å². The number of rotatable bonds is 4. The van der Waals surface area contributed by atoms with Crippen molar-refractivity contribution in [1.82, 2.24) is 5.32 Å². The topological polar surface area (TPSA) is 35.5 Å². The van der Waals surface area contributed by atoms with Crippen molar-refractivity contribution in [2.45, 2.75) is 45.3 Å². The molecular weight excluding hydrogens is 255 g/mol. The van der Waals surface area contributed by atoms with E-state index in [1.807, 2.05) is 37.8 Å². The summed E-state index contributed by atoms with van der Waals surface area (Å²) in [5.74, 6) is -0.204. The zero-order valence-corrected chi connectivity index (χ0v) is 12.6. The van der Waals surface area contributed by atoms with E-state index in [1.165, 1.54) is 0 Å². The number of nitrogens with zero attached hydrogens (tertiary/aromatic N) is 1. The molecule has 3 nitrogen and oxygen atoms in total. The van der Waals surface area contributed by atoms with Crippen LogP contribution in [0.15, 0.2) is 18.2 Å². The molecule has 4 heteroatoms. The van der Waals surface area contributed by atoms with E-state index in [1.54, 1.807) is 6.07 Å². The molecule has 0 radical (unpaired) electrons. The summed E-state index contributed by atoms with van der Waals surface area (Å²) in [6, 6.07) is 5.55. The van der Waals surface area contributed by atoms with Gasteiger partial charge in [-0.05, 0) is 50.9 Å². The lowest BCUT2D eigenvalue weighted by molar-refractivity contribution is 0.0447. The number of β-amino-alcohol motifs (C(OH)–C–C–N with tert-alkyl or cyclic N) is 1. The van der Waals surface area contributed by atoms with Crippen LogP contribution in [0, 0.1) is 5.82 Å². The normalized spacial score (nSPS) is 24.8. The van der Waals surface area contributed by atoms with Crippen LogP contribution in [0.5, 0.6) is 0 Å². The summed E-state index contributed by atoms with van der Waals surface area (Å²) < 4.78 is 14.3. The average Bonchev–Trinajstić information content (AvgIpc) is 2.37. The minimum atomic E-state index is -0.722. The Morgan fingerprint density at radius 3 is 2.85 bits per heavy atom. The minimum absolute atomic E-state index is 0.146. The van der Waals surface area contributed by atoms with E-state index in [-0.39, 0.29) is 11.9 Å². The number of piperidine rings is 1. The Morgan fingerprint density at radius 2 is 2.25 bits per heavy atom. The monoisotopic (exact) mass is 280 g/mol. The zero-order valence-electron chi connectivity index (χ0n) is 12.6. The van der Waals surface area contributed by atoms with Gasteiger partial charge in [-0.2, -0.15) is 0 Å². The summed E-state index contributed by atoms with van der Waals surface area (Å²) in [6.07, 6.45) is 1.67. The fourth-order valence-electron chi connectivity index (χ4n) is 2.90. The summed E-state index contributed by atoms with van der Waals surface area (Å²) >= 11 is 0. The van der Waals surface area contributed by atoms with E-state index in [2.05, 4.69) is 5.32 Å². The second-order valence-corrected chi connectivity index (χ2v) is 6.01. The second-order valence-electron chi connectivity index (χ2n) is 6.01. The molecule has 0 bridgehead atoms. The van der Waals surface area contributed by atoms with Gasteiger partial charge in [0, 0.05) is 19.1 Å². The highest BCUT2D eigenvalue weighted by Gasteiger charge is 2.29. The number of benzene rings is 1. The summed E-state index contributed by atoms with van der Waals surface area (Å²) in [4.78, 5) is 1.94. The maximum Gasteiger partial charge on any atom is 0.146 e. The van der Waals surface area contributed by atoms with Gasteiger partial charge in [0.25, 0.3) is 0 Å². The van der Waals surface area contributed by atoms with Crippen LogP contribution in [-0.4, -0.2) is 30.3 Å². The SMILES string of the molecule is CCNC(C)c1ccc(N2CCCC(C)(O)C2)c(F)c1. The molecule has 2 N–H and O–H groups in total. The molecular formula is C16H25FN2O. The molecule has 1 aromatic carbocycles. The number of anilines is 1. The lowest BCUT2D eigenvalue weighted by atomic mass is 9.94. The lowest BCUT2D eigenvalue weighted by Crippen LogP contribution is -2.46. The molecule has 0 spiro atoms. The van der Waals surface area contributed by atoms with Gasteiger partial charge >= 0.3 is 0 Å². The van der Waals surface area contributed by atoms with Crippen LogP contribution in [0.25, 0.3) is 0 Å². The quantitative estimate of drug-likeness (QED) is 0.890. The van der Waals surface area contributed by atoms with Crippen LogP contribution < -0.4 is 10.2 Å². The van der Waals surface area contributed by atoms with E-state index in [0.717, 1.165) is 31.5 Å². The highest BCUT2D eigenvalue weighted by Crippen LogP contribution is 2.29. The maximum atomic E-state index is 14.3. The fourth-order valence-corrected chi connectivity index (χ4v) is 2.90. The third-order valence-electron chi connectivity index (χ3n) is 4.00. The molecule has 0 amide bonds. The van der Waals surface area contributed by atoms with Crippen molar-refractivity contribution < 1.29 is 9.50 Å². The Kier molecular flexibility index (Phi) is 4.66. The van der Waals surface area contributed by atoms with E-state index in [0.29, 0.717) is 12.2 Å². The van der Waals surface area contributed by atoms with Gasteiger partial charge in [0.15, 0.2) is 0 Å². The van der Waals surface area contributed by atoms with E-state index < -0.39 is 5.60 Å². The number of hydrogen-bond acceptors (Lipinski definition) is 3. The fraction of sp³-hybridized carbons (Fsp3) is 0.625. The Labute approximate surface area is 120 Å². The van der Waals surface area contributed by atoms with Crippen LogP contribution in [0.3, 0.4) is 0 Å². The standard InChI is InChI=1S/C16H25FN2O/c1-4-18-12(2)13-6-7-15(14(17)10-13)19-9-5-8-16(3,20)11-19/h6-7,10,12,18,20H,4-5,8-9,11H2,1-3H3. The highest BCUT2D eigenvalue weighted by molar-refractivity contribution is 5.50. The van der Waals surface area contributed by atoms with E-state index in [4.69, 9.17) is 0 Å². The number of halogens is 1. The van der Waals surface area contributed by atoms with Crippen LogP contribution in [0.4, 0.5) is 10.1 Å². The van der Waals surface area contributed by atoms with Gasteiger partial charge in [0.1, 0.15) is 5.82 Å². The Balaban J connectivity index is 2.17. The molecule has 1 heterocycles.